The highest BCUT2D eigenvalue weighted by molar-refractivity contribution is 6.30. The molecule has 2 aliphatic heterocycles. The number of hydrogen-bond donors (Lipinski definition) is 0. The predicted molar refractivity (Wildman–Crippen MR) is 102 cm³/mol. The molecule has 5 heteroatoms. The summed E-state index contributed by atoms with van der Waals surface area (Å²) in [5.41, 5.74) is 0.763. The molecule has 2 saturated heterocycles. The standard InChI is InChI=1S/C19H27ClN2O.ClH/c20-17-9-7-16(8-10-17)19(23)22-14-5-2-6-18(22)11-15-21-12-3-1-4-13-21;/h7-10,18H,1-6,11-15H2;1H. The number of carbonyl (C=O) groups excluding carboxylic acids is 1. The lowest BCUT2D eigenvalue weighted by atomic mass is 9.97. The van der Waals surface area contributed by atoms with Crippen LogP contribution in [0.5, 0.6) is 0 Å². The molecule has 1 aromatic rings. The van der Waals surface area contributed by atoms with Crippen LogP contribution in [-0.4, -0.2) is 47.9 Å². The second kappa shape index (κ2) is 9.65. The number of benzene rings is 1. The molecule has 0 N–H and O–H groups in total. The number of halogens is 2. The van der Waals surface area contributed by atoms with Crippen molar-refractivity contribution in [3.05, 3.63) is 34.9 Å². The smallest absolute Gasteiger partial charge is 0.254 e. The van der Waals surface area contributed by atoms with E-state index in [2.05, 4.69) is 9.80 Å². The van der Waals surface area contributed by atoms with Crippen molar-refractivity contribution < 1.29 is 4.79 Å². The molecule has 1 atom stereocenters. The van der Waals surface area contributed by atoms with Gasteiger partial charge in [-0.15, -0.1) is 12.4 Å². The van der Waals surface area contributed by atoms with Crippen LogP contribution in [0, 0.1) is 0 Å². The highest BCUT2D eigenvalue weighted by atomic mass is 35.5. The Labute approximate surface area is 156 Å². The molecule has 134 valence electrons. The molecule has 3 nitrogen and oxygen atoms in total. The largest absolute Gasteiger partial charge is 0.336 e. The zero-order chi connectivity index (χ0) is 16.1. The van der Waals surface area contributed by atoms with Crippen LogP contribution in [0.1, 0.15) is 55.3 Å². The zero-order valence-corrected chi connectivity index (χ0v) is 15.8. The van der Waals surface area contributed by atoms with Gasteiger partial charge >= 0.3 is 0 Å². The summed E-state index contributed by atoms with van der Waals surface area (Å²) >= 11 is 5.94. The van der Waals surface area contributed by atoms with E-state index in [1.807, 2.05) is 24.3 Å². The van der Waals surface area contributed by atoms with E-state index in [0.29, 0.717) is 11.1 Å². The van der Waals surface area contributed by atoms with Gasteiger partial charge in [-0.05, 0) is 75.9 Å². The van der Waals surface area contributed by atoms with Crippen molar-refractivity contribution in [2.45, 2.75) is 51.0 Å². The Morgan fingerprint density at radius 2 is 1.67 bits per heavy atom. The molecule has 0 saturated carbocycles. The first-order valence-electron chi connectivity index (χ1n) is 9.03. The molecule has 2 heterocycles. The fourth-order valence-electron chi connectivity index (χ4n) is 3.84. The first kappa shape index (κ1) is 19.6. The summed E-state index contributed by atoms with van der Waals surface area (Å²) in [5.74, 6) is 0.171. The molecule has 2 fully saturated rings. The van der Waals surface area contributed by atoms with Crippen LogP contribution in [0.2, 0.25) is 5.02 Å². The summed E-state index contributed by atoms with van der Waals surface area (Å²) in [7, 11) is 0. The SMILES string of the molecule is Cl.O=C(c1ccc(Cl)cc1)N1CCCCC1CCN1CCCCC1. The monoisotopic (exact) mass is 370 g/mol. The maximum atomic E-state index is 12.8. The number of nitrogens with zero attached hydrogens (tertiary/aromatic N) is 2. The number of hydrogen-bond acceptors (Lipinski definition) is 2. The van der Waals surface area contributed by atoms with Crippen LogP contribution < -0.4 is 0 Å². The van der Waals surface area contributed by atoms with Crippen LogP contribution in [0.15, 0.2) is 24.3 Å². The van der Waals surface area contributed by atoms with Crippen molar-refractivity contribution in [3.8, 4) is 0 Å². The van der Waals surface area contributed by atoms with E-state index in [1.54, 1.807) is 0 Å². The first-order chi connectivity index (χ1) is 11.2. The van der Waals surface area contributed by atoms with Gasteiger partial charge in [-0.25, -0.2) is 0 Å². The van der Waals surface area contributed by atoms with Gasteiger partial charge in [0.15, 0.2) is 0 Å². The molecule has 0 spiro atoms. The summed E-state index contributed by atoms with van der Waals surface area (Å²) < 4.78 is 0. The summed E-state index contributed by atoms with van der Waals surface area (Å²) in [6, 6.07) is 7.71. The molecule has 0 aliphatic carbocycles. The van der Waals surface area contributed by atoms with Gasteiger partial charge in [0.25, 0.3) is 5.91 Å². The van der Waals surface area contributed by atoms with Crippen molar-refractivity contribution in [1.82, 2.24) is 9.80 Å². The van der Waals surface area contributed by atoms with Crippen LogP contribution in [0.4, 0.5) is 0 Å². The Hall–Kier alpha value is -0.770. The van der Waals surface area contributed by atoms with Crippen molar-refractivity contribution >= 4 is 29.9 Å². The second-order valence-electron chi connectivity index (χ2n) is 6.85. The average molecular weight is 371 g/mol. The third-order valence-electron chi connectivity index (χ3n) is 5.21. The van der Waals surface area contributed by atoms with E-state index in [4.69, 9.17) is 11.6 Å². The van der Waals surface area contributed by atoms with Gasteiger partial charge in [0.1, 0.15) is 0 Å². The van der Waals surface area contributed by atoms with Crippen LogP contribution in [0.3, 0.4) is 0 Å². The van der Waals surface area contributed by atoms with Gasteiger partial charge in [-0.2, -0.15) is 0 Å². The summed E-state index contributed by atoms with van der Waals surface area (Å²) in [4.78, 5) is 17.5. The summed E-state index contributed by atoms with van der Waals surface area (Å²) in [6.07, 6.45) is 8.67. The molecule has 1 amide bonds. The number of rotatable bonds is 4. The third kappa shape index (κ3) is 5.11. The van der Waals surface area contributed by atoms with Crippen LogP contribution >= 0.6 is 24.0 Å². The molecule has 24 heavy (non-hydrogen) atoms. The van der Waals surface area contributed by atoms with E-state index >= 15 is 0 Å². The van der Waals surface area contributed by atoms with Gasteiger partial charge in [-0.1, -0.05) is 18.0 Å². The molecule has 1 unspecified atom stereocenters. The van der Waals surface area contributed by atoms with Gasteiger partial charge in [0, 0.05) is 29.7 Å². The normalized spacial score (nSPS) is 22.0. The Morgan fingerprint density at radius 3 is 2.38 bits per heavy atom. The van der Waals surface area contributed by atoms with E-state index in [-0.39, 0.29) is 18.3 Å². The van der Waals surface area contributed by atoms with Crippen molar-refractivity contribution in [3.63, 3.8) is 0 Å². The predicted octanol–water partition coefficient (Wildman–Crippen LogP) is 4.63. The average Bonchev–Trinajstić information content (AvgIpc) is 2.61. The zero-order valence-electron chi connectivity index (χ0n) is 14.3. The lowest BCUT2D eigenvalue weighted by Gasteiger charge is -2.37. The van der Waals surface area contributed by atoms with Gasteiger partial charge < -0.3 is 9.80 Å². The quantitative estimate of drug-likeness (QED) is 0.770. The minimum absolute atomic E-state index is 0. The van der Waals surface area contributed by atoms with Gasteiger partial charge in [0.2, 0.25) is 0 Å². The summed E-state index contributed by atoms with van der Waals surface area (Å²) in [5, 5.41) is 0.682. The third-order valence-corrected chi connectivity index (χ3v) is 5.46. The van der Waals surface area contributed by atoms with Gasteiger partial charge in [-0.3, -0.25) is 4.79 Å². The fraction of sp³-hybridized carbons (Fsp3) is 0.632. The highest BCUT2D eigenvalue weighted by Gasteiger charge is 2.27. The maximum absolute atomic E-state index is 12.8. The van der Waals surface area contributed by atoms with E-state index in [0.717, 1.165) is 37.9 Å². The molecular weight excluding hydrogens is 343 g/mol. The molecule has 3 rings (SSSR count). The van der Waals surface area contributed by atoms with E-state index < -0.39 is 0 Å². The van der Waals surface area contributed by atoms with E-state index in [9.17, 15) is 4.79 Å². The molecule has 0 radical (unpaired) electrons. The number of amides is 1. The lowest BCUT2D eigenvalue weighted by Crippen LogP contribution is -2.45. The number of likely N-dealkylation sites (tertiary alicyclic amines) is 2. The lowest BCUT2D eigenvalue weighted by molar-refractivity contribution is 0.0579. The van der Waals surface area contributed by atoms with Crippen LogP contribution in [-0.2, 0) is 0 Å². The minimum atomic E-state index is 0. The van der Waals surface area contributed by atoms with Crippen molar-refractivity contribution in [1.29, 1.82) is 0 Å². The second-order valence-corrected chi connectivity index (χ2v) is 7.28. The molecule has 1 aromatic carbocycles. The fourth-order valence-corrected chi connectivity index (χ4v) is 3.97. The Morgan fingerprint density at radius 1 is 1.00 bits per heavy atom. The molecule has 2 aliphatic rings. The Bertz CT molecular complexity index is 515. The Kier molecular flexibility index (Phi) is 7.86. The summed E-state index contributed by atoms with van der Waals surface area (Å²) in [6.45, 7) is 4.50. The van der Waals surface area contributed by atoms with Crippen molar-refractivity contribution in [2.75, 3.05) is 26.2 Å². The topological polar surface area (TPSA) is 23.6 Å². The minimum Gasteiger partial charge on any atom is -0.336 e. The Balaban J connectivity index is 0.00000208. The first-order valence-corrected chi connectivity index (χ1v) is 9.41. The number of carbonyl (C=O) groups is 1. The maximum Gasteiger partial charge on any atom is 0.254 e. The highest BCUT2D eigenvalue weighted by Crippen LogP contribution is 2.23. The molecule has 0 bridgehead atoms. The van der Waals surface area contributed by atoms with Gasteiger partial charge in [0.05, 0.1) is 0 Å². The number of piperidine rings is 2. The molecular formula is C19H28Cl2N2O. The molecule has 0 aromatic heterocycles. The van der Waals surface area contributed by atoms with Crippen molar-refractivity contribution in [2.24, 2.45) is 0 Å². The van der Waals surface area contributed by atoms with E-state index in [1.165, 1.54) is 38.8 Å². The van der Waals surface area contributed by atoms with Crippen LogP contribution in [0.25, 0.3) is 0 Å².